The summed E-state index contributed by atoms with van der Waals surface area (Å²) in [5.74, 6) is 0.580. The zero-order chi connectivity index (χ0) is 9.26. The molecule has 2 atom stereocenters. The molecule has 13 heavy (non-hydrogen) atoms. The summed E-state index contributed by atoms with van der Waals surface area (Å²) in [6.45, 7) is 0.809. The van der Waals surface area contributed by atoms with Crippen LogP contribution in [0.5, 0.6) is 0 Å². The van der Waals surface area contributed by atoms with E-state index >= 15 is 0 Å². The van der Waals surface area contributed by atoms with Crippen molar-refractivity contribution in [1.29, 1.82) is 0 Å². The number of rotatable bonds is 2. The molecule has 0 fully saturated rings. The van der Waals surface area contributed by atoms with E-state index in [0.29, 0.717) is 10.4 Å². The van der Waals surface area contributed by atoms with Crippen molar-refractivity contribution in [2.45, 2.75) is 12.1 Å². The Bertz CT molecular complexity index is 321. The van der Waals surface area contributed by atoms with Gasteiger partial charge in [0.15, 0.2) is 4.67 Å². The second kappa shape index (κ2) is 3.65. The molecule has 0 amide bonds. The minimum Gasteiger partial charge on any atom is -0.452 e. The standard InChI is InChI=1S/C9H10BrNO2/c10-8-4-3-7(13-8)9(12)6-2-1-5-11-6/h1-4,6,9,11-12H,5H2. The van der Waals surface area contributed by atoms with Crippen LogP contribution in [0.15, 0.2) is 33.4 Å². The molecule has 1 aromatic rings. The Morgan fingerprint density at radius 2 is 2.46 bits per heavy atom. The van der Waals surface area contributed by atoms with Gasteiger partial charge in [-0.3, -0.25) is 0 Å². The van der Waals surface area contributed by atoms with Crippen LogP contribution in [0.2, 0.25) is 0 Å². The van der Waals surface area contributed by atoms with Crippen LogP contribution in [-0.2, 0) is 0 Å². The van der Waals surface area contributed by atoms with Crippen LogP contribution in [0.4, 0.5) is 0 Å². The summed E-state index contributed by atoms with van der Waals surface area (Å²) in [5, 5.41) is 12.9. The van der Waals surface area contributed by atoms with Crippen molar-refractivity contribution in [2.24, 2.45) is 0 Å². The highest BCUT2D eigenvalue weighted by Gasteiger charge is 2.22. The van der Waals surface area contributed by atoms with Crippen molar-refractivity contribution >= 4 is 15.9 Å². The molecule has 4 heteroatoms. The van der Waals surface area contributed by atoms with E-state index in [1.54, 1.807) is 12.1 Å². The molecular weight excluding hydrogens is 234 g/mol. The Morgan fingerprint density at radius 1 is 1.62 bits per heavy atom. The third kappa shape index (κ3) is 1.85. The first-order chi connectivity index (χ1) is 6.27. The monoisotopic (exact) mass is 243 g/mol. The summed E-state index contributed by atoms with van der Waals surface area (Å²) in [4.78, 5) is 0. The molecule has 0 aliphatic carbocycles. The molecular formula is C9H10BrNO2. The third-order valence-electron chi connectivity index (χ3n) is 2.04. The average molecular weight is 244 g/mol. The van der Waals surface area contributed by atoms with Gasteiger partial charge in [-0.15, -0.1) is 0 Å². The molecule has 1 aromatic heterocycles. The molecule has 2 unspecified atom stereocenters. The fraction of sp³-hybridized carbons (Fsp3) is 0.333. The number of halogens is 1. The number of aliphatic hydroxyl groups is 1. The highest BCUT2D eigenvalue weighted by molar-refractivity contribution is 9.10. The van der Waals surface area contributed by atoms with E-state index in [1.165, 1.54) is 0 Å². The van der Waals surface area contributed by atoms with Gasteiger partial charge in [-0.1, -0.05) is 12.2 Å². The lowest BCUT2D eigenvalue weighted by atomic mass is 10.1. The number of nitrogens with one attached hydrogen (secondary N) is 1. The molecule has 2 heterocycles. The van der Waals surface area contributed by atoms with E-state index in [2.05, 4.69) is 21.2 Å². The van der Waals surface area contributed by atoms with Gasteiger partial charge >= 0.3 is 0 Å². The normalized spacial score (nSPS) is 23.7. The Labute approximate surface area is 84.6 Å². The van der Waals surface area contributed by atoms with Gasteiger partial charge in [-0.2, -0.15) is 0 Å². The maximum absolute atomic E-state index is 9.81. The highest BCUT2D eigenvalue weighted by atomic mass is 79.9. The summed E-state index contributed by atoms with van der Waals surface area (Å²) < 4.78 is 5.89. The van der Waals surface area contributed by atoms with E-state index in [9.17, 15) is 5.11 Å². The Morgan fingerprint density at radius 3 is 3.00 bits per heavy atom. The van der Waals surface area contributed by atoms with Crippen LogP contribution in [0.3, 0.4) is 0 Å². The second-order valence-corrected chi connectivity index (χ2v) is 3.73. The quantitative estimate of drug-likeness (QED) is 0.777. The predicted molar refractivity (Wildman–Crippen MR) is 52.3 cm³/mol. The molecule has 2 rings (SSSR count). The lowest BCUT2D eigenvalue weighted by Crippen LogP contribution is -2.28. The lowest BCUT2D eigenvalue weighted by molar-refractivity contribution is 0.125. The maximum atomic E-state index is 9.81. The maximum Gasteiger partial charge on any atom is 0.169 e. The van der Waals surface area contributed by atoms with Crippen molar-refractivity contribution in [3.63, 3.8) is 0 Å². The van der Waals surface area contributed by atoms with Crippen molar-refractivity contribution in [3.05, 3.63) is 34.7 Å². The van der Waals surface area contributed by atoms with Crippen LogP contribution >= 0.6 is 15.9 Å². The predicted octanol–water partition coefficient (Wildman–Crippen LogP) is 1.60. The van der Waals surface area contributed by atoms with Crippen molar-refractivity contribution in [3.8, 4) is 0 Å². The van der Waals surface area contributed by atoms with E-state index in [-0.39, 0.29) is 6.04 Å². The molecule has 0 radical (unpaired) electrons. The van der Waals surface area contributed by atoms with E-state index < -0.39 is 6.10 Å². The third-order valence-corrected chi connectivity index (χ3v) is 2.47. The van der Waals surface area contributed by atoms with Crippen molar-refractivity contribution in [1.82, 2.24) is 5.32 Å². The zero-order valence-corrected chi connectivity index (χ0v) is 8.49. The van der Waals surface area contributed by atoms with Gasteiger partial charge < -0.3 is 14.8 Å². The lowest BCUT2D eigenvalue weighted by Gasteiger charge is -2.14. The fourth-order valence-corrected chi connectivity index (χ4v) is 1.69. The summed E-state index contributed by atoms with van der Waals surface area (Å²) in [6, 6.07) is 3.51. The van der Waals surface area contributed by atoms with Gasteiger partial charge in [0.25, 0.3) is 0 Å². The van der Waals surface area contributed by atoms with Gasteiger partial charge in [0.2, 0.25) is 0 Å². The van der Waals surface area contributed by atoms with Crippen LogP contribution in [0.1, 0.15) is 11.9 Å². The minimum absolute atomic E-state index is 0.0296. The van der Waals surface area contributed by atoms with Crippen molar-refractivity contribution in [2.75, 3.05) is 6.54 Å². The van der Waals surface area contributed by atoms with Crippen molar-refractivity contribution < 1.29 is 9.52 Å². The SMILES string of the molecule is OC(c1ccc(Br)o1)C1C=CCN1. The number of aliphatic hydroxyl groups excluding tert-OH is 1. The molecule has 0 saturated heterocycles. The van der Waals surface area contributed by atoms with Crippen LogP contribution in [-0.4, -0.2) is 17.7 Å². The van der Waals surface area contributed by atoms with Crippen LogP contribution < -0.4 is 5.32 Å². The minimum atomic E-state index is -0.606. The summed E-state index contributed by atoms with van der Waals surface area (Å²) in [5.41, 5.74) is 0. The number of furan rings is 1. The van der Waals surface area contributed by atoms with Gasteiger partial charge in [0.1, 0.15) is 11.9 Å². The van der Waals surface area contributed by atoms with E-state index in [0.717, 1.165) is 6.54 Å². The molecule has 70 valence electrons. The summed E-state index contributed by atoms with van der Waals surface area (Å²) in [6.07, 6.45) is 3.33. The first-order valence-corrected chi connectivity index (χ1v) is 4.90. The molecule has 1 aliphatic heterocycles. The second-order valence-electron chi connectivity index (χ2n) is 2.95. The summed E-state index contributed by atoms with van der Waals surface area (Å²) in [7, 11) is 0. The van der Waals surface area contributed by atoms with Crippen LogP contribution in [0, 0.1) is 0 Å². The van der Waals surface area contributed by atoms with E-state index in [4.69, 9.17) is 4.42 Å². The van der Waals surface area contributed by atoms with E-state index in [1.807, 2.05) is 12.2 Å². The first-order valence-electron chi connectivity index (χ1n) is 4.11. The van der Waals surface area contributed by atoms with Gasteiger partial charge in [-0.05, 0) is 28.1 Å². The molecule has 0 saturated carbocycles. The molecule has 0 aromatic carbocycles. The van der Waals surface area contributed by atoms with Gasteiger partial charge in [-0.25, -0.2) is 0 Å². The molecule has 2 N–H and O–H groups in total. The Kier molecular flexibility index (Phi) is 2.53. The molecule has 0 bridgehead atoms. The Balaban J connectivity index is 2.12. The fourth-order valence-electron chi connectivity index (χ4n) is 1.37. The van der Waals surface area contributed by atoms with Gasteiger partial charge in [0.05, 0.1) is 6.04 Å². The topological polar surface area (TPSA) is 45.4 Å². The summed E-state index contributed by atoms with van der Waals surface area (Å²) >= 11 is 3.19. The number of hydrogen-bond acceptors (Lipinski definition) is 3. The molecule has 3 nitrogen and oxygen atoms in total. The zero-order valence-electron chi connectivity index (χ0n) is 6.90. The number of hydrogen-bond donors (Lipinski definition) is 2. The van der Waals surface area contributed by atoms with Gasteiger partial charge in [0, 0.05) is 6.54 Å². The average Bonchev–Trinajstić information content (AvgIpc) is 2.72. The smallest absolute Gasteiger partial charge is 0.169 e. The Hall–Kier alpha value is -0.580. The molecule has 1 aliphatic rings. The largest absolute Gasteiger partial charge is 0.452 e. The van der Waals surface area contributed by atoms with Crippen LogP contribution in [0.25, 0.3) is 0 Å². The highest BCUT2D eigenvalue weighted by Crippen LogP contribution is 2.24. The molecule has 0 spiro atoms. The first kappa shape index (κ1) is 8.99.